The molecule has 1 aromatic carbocycles. The highest BCUT2D eigenvalue weighted by Gasteiger charge is 2.25. The second-order valence-electron chi connectivity index (χ2n) is 5.34. The van der Waals surface area contributed by atoms with Crippen molar-refractivity contribution in [2.75, 3.05) is 6.54 Å². The van der Waals surface area contributed by atoms with E-state index in [0.29, 0.717) is 16.9 Å². The number of hydrogen-bond donors (Lipinski definition) is 2. The average molecular weight is 380 g/mol. The molecule has 1 unspecified atom stereocenters. The van der Waals surface area contributed by atoms with E-state index >= 15 is 0 Å². The summed E-state index contributed by atoms with van der Waals surface area (Å²) in [6.07, 6.45) is 5.79. The van der Waals surface area contributed by atoms with Crippen LogP contribution in [0.4, 0.5) is 4.39 Å². The molecular formula is C15H21BrClFN2O. The third-order valence-electron chi connectivity index (χ3n) is 3.96. The van der Waals surface area contributed by atoms with Crippen molar-refractivity contribution in [2.24, 2.45) is 11.7 Å². The van der Waals surface area contributed by atoms with Crippen LogP contribution in [0.1, 0.15) is 42.5 Å². The summed E-state index contributed by atoms with van der Waals surface area (Å²) in [4.78, 5) is 12.2. The quantitative estimate of drug-likeness (QED) is 0.839. The van der Waals surface area contributed by atoms with Gasteiger partial charge in [-0.25, -0.2) is 4.39 Å². The highest BCUT2D eigenvalue weighted by molar-refractivity contribution is 9.10. The van der Waals surface area contributed by atoms with Crippen LogP contribution < -0.4 is 11.1 Å². The molecule has 1 aliphatic rings. The fourth-order valence-electron chi connectivity index (χ4n) is 2.82. The van der Waals surface area contributed by atoms with E-state index in [2.05, 4.69) is 21.2 Å². The van der Waals surface area contributed by atoms with E-state index in [1.807, 2.05) is 0 Å². The number of carbonyl (C=O) groups excluding carboxylic acids is 1. The van der Waals surface area contributed by atoms with Gasteiger partial charge in [0.1, 0.15) is 5.82 Å². The standard InChI is InChI=1S/C15H20BrFN2O.ClH/c16-11-6-7-13(17)12(8-11)15(20)19-14(9-18)10-4-2-1-3-5-10;/h6-8,10,14H,1-5,9,18H2,(H,19,20);1H. The molecule has 1 atom stereocenters. The van der Waals surface area contributed by atoms with Crippen molar-refractivity contribution in [3.63, 3.8) is 0 Å². The van der Waals surface area contributed by atoms with Gasteiger partial charge in [0, 0.05) is 17.1 Å². The van der Waals surface area contributed by atoms with Gasteiger partial charge < -0.3 is 11.1 Å². The molecule has 1 aromatic rings. The summed E-state index contributed by atoms with van der Waals surface area (Å²) in [5.41, 5.74) is 5.84. The maximum Gasteiger partial charge on any atom is 0.254 e. The third kappa shape index (κ3) is 4.94. The minimum Gasteiger partial charge on any atom is -0.348 e. The van der Waals surface area contributed by atoms with Crippen LogP contribution in [0.2, 0.25) is 0 Å². The van der Waals surface area contributed by atoms with Crippen molar-refractivity contribution in [1.82, 2.24) is 5.32 Å². The van der Waals surface area contributed by atoms with E-state index < -0.39 is 5.82 Å². The normalized spacial score (nSPS) is 16.9. The summed E-state index contributed by atoms with van der Waals surface area (Å²) < 4.78 is 14.4. The maximum absolute atomic E-state index is 13.7. The van der Waals surface area contributed by atoms with E-state index in [0.717, 1.165) is 12.8 Å². The van der Waals surface area contributed by atoms with Crippen LogP contribution in [-0.4, -0.2) is 18.5 Å². The van der Waals surface area contributed by atoms with Crippen LogP contribution in [0, 0.1) is 11.7 Å². The molecule has 1 amide bonds. The Labute approximate surface area is 139 Å². The second kappa shape index (κ2) is 8.71. The number of rotatable bonds is 4. The first-order chi connectivity index (χ1) is 9.61. The van der Waals surface area contributed by atoms with Gasteiger partial charge in [-0.2, -0.15) is 0 Å². The number of benzene rings is 1. The molecule has 0 aliphatic heterocycles. The molecule has 1 aliphatic carbocycles. The van der Waals surface area contributed by atoms with Gasteiger partial charge in [-0.3, -0.25) is 4.79 Å². The number of nitrogens with one attached hydrogen (secondary N) is 1. The lowest BCUT2D eigenvalue weighted by molar-refractivity contribution is 0.0911. The van der Waals surface area contributed by atoms with Gasteiger partial charge in [0.15, 0.2) is 0 Å². The Balaban J connectivity index is 0.00000220. The largest absolute Gasteiger partial charge is 0.348 e. The first-order valence-corrected chi connectivity index (χ1v) is 7.87. The zero-order chi connectivity index (χ0) is 14.5. The molecule has 0 radical (unpaired) electrons. The summed E-state index contributed by atoms with van der Waals surface area (Å²) in [6, 6.07) is 4.30. The molecule has 0 bridgehead atoms. The molecule has 1 fully saturated rings. The Bertz CT molecular complexity index is 481. The lowest BCUT2D eigenvalue weighted by atomic mass is 9.84. The molecule has 3 N–H and O–H groups in total. The maximum atomic E-state index is 13.7. The number of nitrogens with two attached hydrogens (primary N) is 1. The molecule has 0 aromatic heterocycles. The molecule has 6 heteroatoms. The SMILES string of the molecule is Cl.NCC(NC(=O)c1cc(Br)ccc1F)C1CCCCC1. The van der Waals surface area contributed by atoms with Gasteiger partial charge in [-0.15, -0.1) is 12.4 Å². The van der Waals surface area contributed by atoms with Crippen LogP contribution in [-0.2, 0) is 0 Å². The zero-order valence-electron chi connectivity index (χ0n) is 11.8. The predicted molar refractivity (Wildman–Crippen MR) is 88.2 cm³/mol. The average Bonchev–Trinajstić information content (AvgIpc) is 2.48. The highest BCUT2D eigenvalue weighted by atomic mass is 79.9. The Morgan fingerprint density at radius 2 is 2.05 bits per heavy atom. The summed E-state index contributed by atoms with van der Waals surface area (Å²) in [6.45, 7) is 0.395. The predicted octanol–water partition coefficient (Wildman–Crippen LogP) is 3.65. The molecular weight excluding hydrogens is 359 g/mol. The van der Waals surface area contributed by atoms with Crippen molar-refractivity contribution < 1.29 is 9.18 Å². The van der Waals surface area contributed by atoms with Crippen molar-refractivity contribution in [2.45, 2.75) is 38.1 Å². The van der Waals surface area contributed by atoms with Gasteiger partial charge >= 0.3 is 0 Å². The molecule has 2 rings (SSSR count). The fourth-order valence-corrected chi connectivity index (χ4v) is 3.18. The summed E-state index contributed by atoms with van der Waals surface area (Å²) in [7, 11) is 0. The number of carbonyl (C=O) groups is 1. The minimum absolute atomic E-state index is 0. The van der Waals surface area contributed by atoms with E-state index in [-0.39, 0.29) is 29.9 Å². The highest BCUT2D eigenvalue weighted by Crippen LogP contribution is 2.26. The van der Waals surface area contributed by atoms with Crippen molar-refractivity contribution in [3.8, 4) is 0 Å². The third-order valence-corrected chi connectivity index (χ3v) is 4.46. The molecule has 21 heavy (non-hydrogen) atoms. The molecule has 118 valence electrons. The Hall–Kier alpha value is -0.650. The molecule has 3 nitrogen and oxygen atoms in total. The summed E-state index contributed by atoms with van der Waals surface area (Å²) in [5, 5.41) is 2.90. The fraction of sp³-hybridized carbons (Fsp3) is 0.533. The Kier molecular flexibility index (Phi) is 7.63. The Morgan fingerprint density at radius 1 is 1.38 bits per heavy atom. The van der Waals surface area contributed by atoms with Gasteiger partial charge in [-0.05, 0) is 37.0 Å². The van der Waals surface area contributed by atoms with Gasteiger partial charge in [0.05, 0.1) is 5.56 Å². The van der Waals surface area contributed by atoms with Crippen LogP contribution in [0.15, 0.2) is 22.7 Å². The van der Waals surface area contributed by atoms with Crippen LogP contribution >= 0.6 is 28.3 Å². The van der Waals surface area contributed by atoms with Gasteiger partial charge in [0.2, 0.25) is 0 Å². The first-order valence-electron chi connectivity index (χ1n) is 7.08. The van der Waals surface area contributed by atoms with Crippen molar-refractivity contribution in [1.29, 1.82) is 0 Å². The monoisotopic (exact) mass is 378 g/mol. The second-order valence-corrected chi connectivity index (χ2v) is 6.25. The lowest BCUT2D eigenvalue weighted by Crippen LogP contribution is -2.46. The lowest BCUT2D eigenvalue weighted by Gasteiger charge is -2.30. The number of amides is 1. The van der Waals surface area contributed by atoms with Gasteiger partial charge in [-0.1, -0.05) is 35.2 Å². The molecule has 1 saturated carbocycles. The van der Waals surface area contributed by atoms with E-state index in [4.69, 9.17) is 5.73 Å². The summed E-state index contributed by atoms with van der Waals surface area (Å²) in [5.74, 6) is -0.483. The minimum atomic E-state index is -0.509. The number of hydrogen-bond acceptors (Lipinski definition) is 2. The topological polar surface area (TPSA) is 55.1 Å². The van der Waals surface area contributed by atoms with E-state index in [1.54, 1.807) is 6.07 Å². The molecule has 0 spiro atoms. The summed E-state index contributed by atoms with van der Waals surface area (Å²) >= 11 is 3.25. The van der Waals surface area contributed by atoms with Crippen LogP contribution in [0.25, 0.3) is 0 Å². The first kappa shape index (κ1) is 18.4. The van der Waals surface area contributed by atoms with Crippen molar-refractivity contribution in [3.05, 3.63) is 34.1 Å². The van der Waals surface area contributed by atoms with E-state index in [9.17, 15) is 9.18 Å². The van der Waals surface area contributed by atoms with Crippen LogP contribution in [0.5, 0.6) is 0 Å². The molecule has 0 heterocycles. The molecule has 0 saturated heterocycles. The Morgan fingerprint density at radius 3 is 2.67 bits per heavy atom. The van der Waals surface area contributed by atoms with Crippen LogP contribution in [0.3, 0.4) is 0 Å². The van der Waals surface area contributed by atoms with E-state index in [1.165, 1.54) is 31.4 Å². The zero-order valence-corrected chi connectivity index (χ0v) is 14.2. The van der Waals surface area contributed by atoms with Gasteiger partial charge in [0.25, 0.3) is 5.91 Å². The number of halogens is 3. The van der Waals surface area contributed by atoms with Crippen molar-refractivity contribution >= 4 is 34.2 Å². The smallest absolute Gasteiger partial charge is 0.254 e.